The summed E-state index contributed by atoms with van der Waals surface area (Å²) in [5.74, 6) is 0.153. The molecule has 0 bridgehead atoms. The van der Waals surface area contributed by atoms with Gasteiger partial charge in [0.25, 0.3) is 0 Å². The second-order valence-electron chi connectivity index (χ2n) is 6.80. The molecule has 0 saturated carbocycles. The number of thioether (sulfide) groups is 1. The molecule has 2 amide bonds. The van der Waals surface area contributed by atoms with Gasteiger partial charge in [0, 0.05) is 17.9 Å². The molecule has 3 aromatic rings. The van der Waals surface area contributed by atoms with Crippen molar-refractivity contribution in [3.63, 3.8) is 0 Å². The van der Waals surface area contributed by atoms with Crippen LogP contribution in [0.1, 0.15) is 11.4 Å². The highest BCUT2D eigenvalue weighted by molar-refractivity contribution is 7.99. The van der Waals surface area contributed by atoms with Crippen LogP contribution in [0.5, 0.6) is 0 Å². The van der Waals surface area contributed by atoms with Crippen LogP contribution < -0.4 is 10.6 Å². The van der Waals surface area contributed by atoms with E-state index in [-0.39, 0.29) is 24.0 Å². The first-order valence-corrected chi connectivity index (χ1v) is 11.4. The molecular formula is C22H21Cl2N5O2S. The Morgan fingerprint density at radius 3 is 2.59 bits per heavy atom. The molecule has 3 rings (SSSR count). The normalized spacial score (nSPS) is 10.6. The second-order valence-corrected chi connectivity index (χ2v) is 8.56. The fourth-order valence-corrected chi connectivity index (χ4v) is 3.89. The highest BCUT2D eigenvalue weighted by Crippen LogP contribution is 2.25. The van der Waals surface area contributed by atoms with Gasteiger partial charge >= 0.3 is 0 Å². The van der Waals surface area contributed by atoms with Crippen LogP contribution in [0, 0.1) is 6.92 Å². The molecule has 1 heterocycles. The Morgan fingerprint density at radius 2 is 1.88 bits per heavy atom. The molecule has 0 aliphatic heterocycles. The summed E-state index contributed by atoms with van der Waals surface area (Å²) in [7, 11) is 0. The number of allylic oxidation sites excluding steroid dienone is 1. The Bertz CT molecular complexity index is 1150. The van der Waals surface area contributed by atoms with Gasteiger partial charge in [-0.05, 0) is 36.8 Å². The molecule has 10 heteroatoms. The molecular weight excluding hydrogens is 469 g/mol. The highest BCUT2D eigenvalue weighted by Gasteiger charge is 2.17. The van der Waals surface area contributed by atoms with Gasteiger partial charge in [0.2, 0.25) is 11.8 Å². The lowest BCUT2D eigenvalue weighted by Crippen LogP contribution is -2.18. The van der Waals surface area contributed by atoms with E-state index in [4.69, 9.17) is 23.2 Å². The van der Waals surface area contributed by atoms with Gasteiger partial charge in [-0.25, -0.2) is 0 Å². The van der Waals surface area contributed by atoms with Crippen LogP contribution in [-0.4, -0.2) is 32.3 Å². The Morgan fingerprint density at radius 1 is 1.09 bits per heavy atom. The number of hydrogen-bond donors (Lipinski definition) is 2. The molecule has 0 atom stereocenters. The molecule has 1 aromatic heterocycles. The summed E-state index contributed by atoms with van der Waals surface area (Å²) in [5.41, 5.74) is 2.27. The Hall–Kier alpha value is -2.81. The van der Waals surface area contributed by atoms with Crippen LogP contribution in [0.25, 0.3) is 0 Å². The molecule has 0 aliphatic carbocycles. The van der Waals surface area contributed by atoms with Crippen molar-refractivity contribution in [1.82, 2.24) is 14.8 Å². The number of aromatic nitrogens is 3. The van der Waals surface area contributed by atoms with Gasteiger partial charge in [-0.15, -0.1) is 16.8 Å². The first kappa shape index (κ1) is 23.8. The van der Waals surface area contributed by atoms with E-state index in [2.05, 4.69) is 27.4 Å². The second kappa shape index (κ2) is 11.2. The summed E-state index contributed by atoms with van der Waals surface area (Å²) in [6, 6.07) is 12.4. The SMILES string of the molecule is C=CCn1c(CC(=O)Nc2ccccc2C)nnc1SCC(=O)Nc1ccc(Cl)c(Cl)c1. The van der Waals surface area contributed by atoms with E-state index in [9.17, 15) is 9.59 Å². The van der Waals surface area contributed by atoms with Gasteiger partial charge in [-0.3, -0.25) is 9.59 Å². The predicted molar refractivity (Wildman–Crippen MR) is 130 cm³/mol. The number of nitrogens with one attached hydrogen (secondary N) is 2. The largest absolute Gasteiger partial charge is 0.325 e. The van der Waals surface area contributed by atoms with Crippen LogP contribution in [0.2, 0.25) is 10.0 Å². The highest BCUT2D eigenvalue weighted by atomic mass is 35.5. The quantitative estimate of drug-likeness (QED) is 0.326. The lowest BCUT2D eigenvalue weighted by molar-refractivity contribution is -0.116. The first-order valence-electron chi connectivity index (χ1n) is 9.63. The molecule has 2 aromatic carbocycles. The van der Waals surface area contributed by atoms with E-state index in [1.165, 1.54) is 11.8 Å². The Kier molecular flexibility index (Phi) is 8.33. The average molecular weight is 490 g/mol. The number of nitrogens with zero attached hydrogens (tertiary/aromatic N) is 3. The molecule has 2 N–H and O–H groups in total. The number of hydrogen-bond acceptors (Lipinski definition) is 5. The maximum atomic E-state index is 12.5. The topological polar surface area (TPSA) is 88.9 Å². The fraction of sp³-hybridized carbons (Fsp3) is 0.182. The van der Waals surface area contributed by atoms with Crippen LogP contribution in [-0.2, 0) is 22.6 Å². The van der Waals surface area contributed by atoms with Crippen molar-refractivity contribution in [2.45, 2.75) is 25.0 Å². The lowest BCUT2D eigenvalue weighted by Gasteiger charge is -2.10. The Labute approximate surface area is 200 Å². The van der Waals surface area contributed by atoms with Crippen molar-refractivity contribution >= 4 is 58.2 Å². The molecule has 32 heavy (non-hydrogen) atoms. The van der Waals surface area contributed by atoms with Gasteiger partial charge in [0.15, 0.2) is 5.16 Å². The van der Waals surface area contributed by atoms with Crippen molar-refractivity contribution in [2.24, 2.45) is 0 Å². The molecule has 0 spiro atoms. The van der Waals surface area contributed by atoms with Crippen molar-refractivity contribution < 1.29 is 9.59 Å². The summed E-state index contributed by atoms with van der Waals surface area (Å²) in [5, 5.41) is 15.2. The number of amides is 2. The van der Waals surface area contributed by atoms with E-state index in [0.29, 0.717) is 33.3 Å². The maximum Gasteiger partial charge on any atom is 0.234 e. The minimum Gasteiger partial charge on any atom is -0.325 e. The summed E-state index contributed by atoms with van der Waals surface area (Å²) >= 11 is 13.1. The molecule has 7 nitrogen and oxygen atoms in total. The van der Waals surface area contributed by atoms with E-state index in [1.54, 1.807) is 28.8 Å². The fourth-order valence-electron chi connectivity index (χ4n) is 2.82. The smallest absolute Gasteiger partial charge is 0.234 e. The van der Waals surface area contributed by atoms with Crippen molar-refractivity contribution in [3.05, 3.63) is 76.6 Å². The van der Waals surface area contributed by atoms with Gasteiger partial charge in [-0.2, -0.15) is 0 Å². The molecule has 0 fully saturated rings. The third kappa shape index (κ3) is 6.35. The molecule has 0 radical (unpaired) electrons. The van der Waals surface area contributed by atoms with E-state index in [1.807, 2.05) is 31.2 Å². The Balaban J connectivity index is 1.62. The molecule has 0 aliphatic rings. The van der Waals surface area contributed by atoms with Crippen LogP contribution >= 0.6 is 35.0 Å². The number of aryl methyl sites for hydroxylation is 1. The van der Waals surface area contributed by atoms with E-state index in [0.717, 1.165) is 11.3 Å². The van der Waals surface area contributed by atoms with Crippen LogP contribution in [0.4, 0.5) is 11.4 Å². The van der Waals surface area contributed by atoms with Gasteiger partial charge in [0.05, 0.1) is 22.2 Å². The monoisotopic (exact) mass is 489 g/mol. The molecule has 0 unspecified atom stereocenters. The van der Waals surface area contributed by atoms with Crippen LogP contribution in [0.3, 0.4) is 0 Å². The average Bonchev–Trinajstić information content (AvgIpc) is 3.12. The summed E-state index contributed by atoms with van der Waals surface area (Å²) in [4.78, 5) is 24.8. The predicted octanol–water partition coefficient (Wildman–Crippen LogP) is 4.99. The van der Waals surface area contributed by atoms with Gasteiger partial charge in [0.1, 0.15) is 5.82 Å². The van der Waals surface area contributed by atoms with Gasteiger partial charge < -0.3 is 15.2 Å². The first-order chi connectivity index (χ1) is 15.4. The lowest BCUT2D eigenvalue weighted by atomic mass is 10.2. The molecule has 166 valence electrons. The third-order valence-electron chi connectivity index (χ3n) is 4.38. The van der Waals surface area contributed by atoms with E-state index >= 15 is 0 Å². The number of para-hydroxylation sites is 1. The molecule has 0 saturated heterocycles. The van der Waals surface area contributed by atoms with Crippen molar-refractivity contribution in [1.29, 1.82) is 0 Å². The zero-order valence-electron chi connectivity index (χ0n) is 17.3. The minimum atomic E-state index is -0.236. The number of benzene rings is 2. The number of rotatable bonds is 9. The number of anilines is 2. The zero-order chi connectivity index (χ0) is 23.1. The van der Waals surface area contributed by atoms with Crippen molar-refractivity contribution in [3.8, 4) is 0 Å². The zero-order valence-corrected chi connectivity index (χ0v) is 19.6. The summed E-state index contributed by atoms with van der Waals surface area (Å²) in [6.45, 7) is 6.09. The number of carbonyl (C=O) groups excluding carboxylic acids is 2. The standard InChI is InChI=1S/C22H21Cl2N5O2S/c1-3-10-29-19(12-20(30)26-18-7-5-4-6-14(18)2)27-28-22(29)32-13-21(31)25-15-8-9-16(23)17(24)11-15/h3-9,11H,1,10,12-13H2,2H3,(H,25,31)(H,26,30). The van der Waals surface area contributed by atoms with Crippen LogP contribution in [0.15, 0.2) is 60.3 Å². The summed E-state index contributed by atoms with van der Waals surface area (Å²) < 4.78 is 1.77. The van der Waals surface area contributed by atoms with E-state index < -0.39 is 0 Å². The maximum absolute atomic E-state index is 12.5. The number of halogens is 2. The third-order valence-corrected chi connectivity index (χ3v) is 6.08. The van der Waals surface area contributed by atoms with Crippen molar-refractivity contribution in [2.75, 3.05) is 16.4 Å². The minimum absolute atomic E-state index is 0.0468. The number of carbonyl (C=O) groups is 2. The van der Waals surface area contributed by atoms with Gasteiger partial charge in [-0.1, -0.05) is 59.2 Å². The summed E-state index contributed by atoms with van der Waals surface area (Å²) in [6.07, 6.45) is 1.73.